The Morgan fingerprint density at radius 3 is 2.46 bits per heavy atom. The molecule has 0 bridgehead atoms. The van der Waals surface area contributed by atoms with Crippen LogP contribution in [0.4, 0.5) is 5.82 Å². The third-order valence-corrected chi connectivity index (χ3v) is 4.85. The van der Waals surface area contributed by atoms with Crippen molar-refractivity contribution in [1.82, 2.24) is 9.97 Å². The van der Waals surface area contributed by atoms with E-state index in [9.17, 15) is 9.90 Å². The van der Waals surface area contributed by atoms with Gasteiger partial charge in [0.1, 0.15) is 11.4 Å². The molecule has 1 heterocycles. The van der Waals surface area contributed by atoms with Crippen molar-refractivity contribution >= 4 is 23.4 Å². The van der Waals surface area contributed by atoms with Gasteiger partial charge in [0.05, 0.1) is 5.69 Å². The Morgan fingerprint density at radius 2 is 1.88 bits per heavy atom. The van der Waals surface area contributed by atoms with Gasteiger partial charge in [0, 0.05) is 16.6 Å². The van der Waals surface area contributed by atoms with Crippen molar-refractivity contribution in [3.05, 3.63) is 40.5 Å². The van der Waals surface area contributed by atoms with Gasteiger partial charge in [-0.05, 0) is 49.4 Å². The van der Waals surface area contributed by atoms with Crippen molar-refractivity contribution in [3.63, 3.8) is 0 Å². The molecule has 0 radical (unpaired) electrons. The van der Waals surface area contributed by atoms with E-state index in [1.54, 1.807) is 12.1 Å². The van der Waals surface area contributed by atoms with Crippen LogP contribution in [-0.4, -0.2) is 27.1 Å². The lowest BCUT2D eigenvalue weighted by atomic mass is 10.0. The number of carbonyl (C=O) groups is 1. The zero-order valence-electron chi connectivity index (χ0n) is 15.1. The summed E-state index contributed by atoms with van der Waals surface area (Å²) in [6.07, 6.45) is 4.99. The SMILES string of the molecule is CC(C)Cc1nc(-c2ccc(Cl)cc2)nc(NC2CCCC2)c1C(=O)O. The van der Waals surface area contributed by atoms with Gasteiger partial charge in [-0.15, -0.1) is 0 Å². The van der Waals surface area contributed by atoms with Gasteiger partial charge >= 0.3 is 5.97 Å². The quantitative estimate of drug-likeness (QED) is 0.741. The van der Waals surface area contributed by atoms with Crippen LogP contribution in [0.25, 0.3) is 11.4 Å². The molecule has 1 saturated carbocycles. The van der Waals surface area contributed by atoms with E-state index in [4.69, 9.17) is 11.6 Å². The monoisotopic (exact) mass is 373 g/mol. The summed E-state index contributed by atoms with van der Waals surface area (Å²) in [6.45, 7) is 4.11. The predicted octanol–water partition coefficient (Wildman–Crippen LogP) is 5.05. The number of benzene rings is 1. The van der Waals surface area contributed by atoms with E-state index in [0.29, 0.717) is 34.7 Å². The number of aromatic carboxylic acids is 1. The van der Waals surface area contributed by atoms with E-state index in [1.807, 2.05) is 12.1 Å². The third kappa shape index (κ3) is 4.33. The number of nitrogens with zero attached hydrogens (tertiary/aromatic N) is 2. The number of nitrogens with one attached hydrogen (secondary N) is 1. The van der Waals surface area contributed by atoms with Crippen molar-refractivity contribution in [2.45, 2.75) is 52.0 Å². The van der Waals surface area contributed by atoms with Crippen LogP contribution in [0.2, 0.25) is 5.02 Å². The highest BCUT2D eigenvalue weighted by atomic mass is 35.5. The molecule has 2 N–H and O–H groups in total. The van der Waals surface area contributed by atoms with Gasteiger partial charge in [0.25, 0.3) is 0 Å². The predicted molar refractivity (Wildman–Crippen MR) is 104 cm³/mol. The Hall–Kier alpha value is -2.14. The maximum absolute atomic E-state index is 12.0. The van der Waals surface area contributed by atoms with Crippen LogP contribution in [0.5, 0.6) is 0 Å². The molecular formula is C20H24ClN3O2. The van der Waals surface area contributed by atoms with Crippen LogP contribution in [0.15, 0.2) is 24.3 Å². The topological polar surface area (TPSA) is 75.1 Å². The van der Waals surface area contributed by atoms with Crippen LogP contribution in [0.3, 0.4) is 0 Å². The van der Waals surface area contributed by atoms with Crippen molar-refractivity contribution in [3.8, 4) is 11.4 Å². The third-order valence-electron chi connectivity index (χ3n) is 4.60. The van der Waals surface area contributed by atoms with Crippen molar-refractivity contribution in [2.75, 3.05) is 5.32 Å². The average Bonchev–Trinajstić information content (AvgIpc) is 3.07. The number of hydrogen-bond acceptors (Lipinski definition) is 4. The molecule has 1 aliphatic carbocycles. The van der Waals surface area contributed by atoms with Crippen LogP contribution in [0, 0.1) is 5.92 Å². The minimum absolute atomic E-state index is 0.198. The fraction of sp³-hybridized carbons (Fsp3) is 0.450. The molecule has 138 valence electrons. The lowest BCUT2D eigenvalue weighted by Crippen LogP contribution is -2.21. The highest BCUT2D eigenvalue weighted by Crippen LogP contribution is 2.28. The van der Waals surface area contributed by atoms with E-state index >= 15 is 0 Å². The molecule has 0 spiro atoms. The summed E-state index contributed by atoms with van der Waals surface area (Å²) in [5.74, 6) is 0.270. The van der Waals surface area contributed by atoms with Crippen LogP contribution in [-0.2, 0) is 6.42 Å². The summed E-state index contributed by atoms with van der Waals surface area (Å²) in [6, 6.07) is 7.57. The second-order valence-electron chi connectivity index (χ2n) is 7.25. The first-order valence-electron chi connectivity index (χ1n) is 9.10. The molecule has 1 aromatic heterocycles. The summed E-state index contributed by atoms with van der Waals surface area (Å²) in [7, 11) is 0. The van der Waals surface area contributed by atoms with Crippen molar-refractivity contribution < 1.29 is 9.90 Å². The first-order chi connectivity index (χ1) is 12.4. The van der Waals surface area contributed by atoms with Gasteiger partial charge in [0.15, 0.2) is 5.82 Å². The molecule has 26 heavy (non-hydrogen) atoms. The maximum atomic E-state index is 12.0. The summed E-state index contributed by atoms with van der Waals surface area (Å²) in [5, 5.41) is 13.8. The fourth-order valence-corrected chi connectivity index (χ4v) is 3.49. The van der Waals surface area contributed by atoms with Gasteiger partial charge in [-0.1, -0.05) is 38.3 Å². The molecule has 1 aliphatic rings. The lowest BCUT2D eigenvalue weighted by molar-refractivity contribution is 0.0695. The molecule has 0 saturated heterocycles. The van der Waals surface area contributed by atoms with Gasteiger partial charge < -0.3 is 10.4 Å². The van der Waals surface area contributed by atoms with Crippen molar-refractivity contribution in [1.29, 1.82) is 0 Å². The Kier molecular flexibility index (Phi) is 5.77. The molecule has 3 rings (SSSR count). The van der Waals surface area contributed by atoms with Crippen LogP contribution in [0.1, 0.15) is 55.6 Å². The Balaban J connectivity index is 2.09. The van der Waals surface area contributed by atoms with Gasteiger partial charge in [-0.25, -0.2) is 14.8 Å². The Bertz CT molecular complexity index is 784. The second kappa shape index (κ2) is 8.04. The van der Waals surface area contributed by atoms with Gasteiger partial charge in [-0.3, -0.25) is 0 Å². The molecule has 0 unspecified atom stereocenters. The molecule has 0 amide bonds. The van der Waals surface area contributed by atoms with Gasteiger partial charge in [0.2, 0.25) is 0 Å². The zero-order chi connectivity index (χ0) is 18.7. The first kappa shape index (κ1) is 18.6. The average molecular weight is 374 g/mol. The molecular weight excluding hydrogens is 350 g/mol. The summed E-state index contributed by atoms with van der Waals surface area (Å²) < 4.78 is 0. The normalized spacial score (nSPS) is 14.8. The standard InChI is InChI=1S/C20H24ClN3O2/c1-12(2)11-16-17(20(25)26)19(22-15-5-3-4-6-15)24-18(23-16)13-7-9-14(21)10-8-13/h7-10,12,15H,3-6,11H2,1-2H3,(H,25,26)(H,22,23,24). The minimum atomic E-state index is -0.983. The maximum Gasteiger partial charge on any atom is 0.341 e. The number of carboxylic acids is 1. The number of carboxylic acid groups (broad SMARTS) is 1. The van der Waals surface area contributed by atoms with E-state index in [1.165, 1.54) is 0 Å². The fourth-order valence-electron chi connectivity index (χ4n) is 3.36. The number of hydrogen-bond donors (Lipinski definition) is 2. The van der Waals surface area contributed by atoms with Crippen molar-refractivity contribution in [2.24, 2.45) is 5.92 Å². The van der Waals surface area contributed by atoms with Crippen LogP contribution >= 0.6 is 11.6 Å². The highest BCUT2D eigenvalue weighted by Gasteiger charge is 2.24. The summed E-state index contributed by atoms with van der Waals surface area (Å²) in [4.78, 5) is 21.1. The molecule has 0 aliphatic heterocycles. The number of halogens is 1. The number of aromatic nitrogens is 2. The largest absolute Gasteiger partial charge is 0.477 e. The molecule has 1 fully saturated rings. The van der Waals surface area contributed by atoms with E-state index in [0.717, 1.165) is 31.2 Å². The molecule has 6 heteroatoms. The summed E-state index contributed by atoms with van der Waals surface area (Å²) in [5.41, 5.74) is 1.60. The molecule has 1 aromatic carbocycles. The van der Waals surface area contributed by atoms with E-state index in [2.05, 4.69) is 29.1 Å². The Morgan fingerprint density at radius 1 is 1.23 bits per heavy atom. The number of rotatable bonds is 6. The lowest BCUT2D eigenvalue weighted by Gasteiger charge is -2.18. The van der Waals surface area contributed by atoms with E-state index in [-0.39, 0.29) is 11.6 Å². The summed E-state index contributed by atoms with van der Waals surface area (Å²) >= 11 is 5.98. The zero-order valence-corrected chi connectivity index (χ0v) is 15.9. The smallest absolute Gasteiger partial charge is 0.341 e. The second-order valence-corrected chi connectivity index (χ2v) is 7.69. The Labute approximate surface area is 158 Å². The minimum Gasteiger partial charge on any atom is -0.477 e. The molecule has 0 atom stereocenters. The van der Waals surface area contributed by atoms with Crippen LogP contribution < -0.4 is 5.32 Å². The number of anilines is 1. The molecule has 2 aromatic rings. The first-order valence-corrected chi connectivity index (χ1v) is 9.48. The molecule has 5 nitrogen and oxygen atoms in total. The van der Waals surface area contributed by atoms with Gasteiger partial charge in [-0.2, -0.15) is 0 Å². The highest BCUT2D eigenvalue weighted by molar-refractivity contribution is 6.30. The van der Waals surface area contributed by atoms with E-state index < -0.39 is 5.97 Å².